The normalized spacial score (nSPS) is 10.1. The number of nitrogens with zero attached hydrogens (tertiary/aromatic N) is 4. The van der Waals surface area contributed by atoms with Crippen LogP contribution in [0.4, 0.5) is 0 Å². The molecular formula is C9H8N4O3. The molecular weight excluding hydrogens is 212 g/mol. The molecule has 0 unspecified atom stereocenters. The van der Waals surface area contributed by atoms with Crippen molar-refractivity contribution in [3.63, 3.8) is 0 Å². The van der Waals surface area contributed by atoms with Crippen LogP contribution in [0.15, 0.2) is 24.7 Å². The number of hydrogen-bond donors (Lipinski definition) is 1. The standard InChI is InChI=1S/C9H8N4O3/c1-13-5-11-9(12-13)16-7-6(8(14)15)3-2-4-10-7/h2-5H,1H3,(H,14,15). The number of aromatic nitrogens is 4. The molecule has 82 valence electrons. The Morgan fingerprint density at radius 2 is 2.31 bits per heavy atom. The molecule has 0 aliphatic heterocycles. The van der Waals surface area contributed by atoms with Crippen LogP contribution in [0.25, 0.3) is 0 Å². The second-order valence-electron chi connectivity index (χ2n) is 2.96. The van der Waals surface area contributed by atoms with Gasteiger partial charge in [0.25, 0.3) is 0 Å². The highest BCUT2D eigenvalue weighted by Gasteiger charge is 2.14. The van der Waals surface area contributed by atoms with Gasteiger partial charge in [0.05, 0.1) is 0 Å². The topological polar surface area (TPSA) is 90.1 Å². The van der Waals surface area contributed by atoms with E-state index in [-0.39, 0.29) is 17.5 Å². The molecule has 16 heavy (non-hydrogen) atoms. The maximum Gasteiger partial charge on any atom is 0.342 e. The summed E-state index contributed by atoms with van der Waals surface area (Å²) in [5, 5.41) is 12.7. The van der Waals surface area contributed by atoms with Crippen molar-refractivity contribution in [3.8, 4) is 11.9 Å². The van der Waals surface area contributed by atoms with Crippen molar-refractivity contribution in [1.82, 2.24) is 19.7 Å². The quantitative estimate of drug-likeness (QED) is 0.818. The van der Waals surface area contributed by atoms with Gasteiger partial charge in [0.2, 0.25) is 5.88 Å². The number of rotatable bonds is 3. The molecule has 1 N–H and O–H groups in total. The fourth-order valence-corrected chi connectivity index (χ4v) is 1.09. The van der Waals surface area contributed by atoms with Gasteiger partial charge in [0.15, 0.2) is 0 Å². The molecule has 2 aromatic heterocycles. The first kappa shape index (κ1) is 10.1. The van der Waals surface area contributed by atoms with Crippen LogP contribution in [-0.4, -0.2) is 30.8 Å². The Morgan fingerprint density at radius 1 is 1.50 bits per heavy atom. The van der Waals surface area contributed by atoms with Crippen LogP contribution >= 0.6 is 0 Å². The molecule has 0 atom stereocenters. The minimum atomic E-state index is -1.11. The van der Waals surface area contributed by atoms with E-state index in [1.165, 1.54) is 29.3 Å². The summed E-state index contributed by atoms with van der Waals surface area (Å²) in [4.78, 5) is 18.5. The van der Waals surface area contributed by atoms with Crippen LogP contribution in [0.2, 0.25) is 0 Å². The van der Waals surface area contributed by atoms with Crippen LogP contribution in [-0.2, 0) is 7.05 Å². The third-order valence-electron chi connectivity index (χ3n) is 1.77. The van der Waals surface area contributed by atoms with E-state index >= 15 is 0 Å². The Bertz CT molecular complexity index is 523. The lowest BCUT2D eigenvalue weighted by Gasteiger charge is -2.02. The van der Waals surface area contributed by atoms with E-state index < -0.39 is 5.97 Å². The van der Waals surface area contributed by atoms with Crippen molar-refractivity contribution in [2.75, 3.05) is 0 Å². The van der Waals surface area contributed by atoms with Gasteiger partial charge in [0.1, 0.15) is 11.9 Å². The van der Waals surface area contributed by atoms with Gasteiger partial charge in [-0.25, -0.2) is 9.78 Å². The monoisotopic (exact) mass is 220 g/mol. The zero-order chi connectivity index (χ0) is 11.5. The Kier molecular flexibility index (Phi) is 2.50. The number of carboxylic acid groups (broad SMARTS) is 1. The molecule has 0 amide bonds. The summed E-state index contributed by atoms with van der Waals surface area (Å²) >= 11 is 0. The molecule has 0 aliphatic carbocycles. The number of hydrogen-bond acceptors (Lipinski definition) is 5. The highest BCUT2D eigenvalue weighted by atomic mass is 16.5. The zero-order valence-corrected chi connectivity index (χ0v) is 8.36. The first-order valence-electron chi connectivity index (χ1n) is 4.38. The predicted molar refractivity (Wildman–Crippen MR) is 52.3 cm³/mol. The fraction of sp³-hybridized carbons (Fsp3) is 0.111. The Hall–Kier alpha value is -2.44. The SMILES string of the molecule is Cn1cnc(Oc2ncccc2C(=O)O)n1. The van der Waals surface area contributed by atoms with E-state index in [9.17, 15) is 4.79 Å². The molecule has 2 aromatic rings. The van der Waals surface area contributed by atoms with Crippen LogP contribution in [0.5, 0.6) is 11.9 Å². The summed E-state index contributed by atoms with van der Waals surface area (Å²) in [7, 11) is 1.68. The molecule has 0 radical (unpaired) electrons. The van der Waals surface area contributed by atoms with Crippen molar-refractivity contribution in [2.24, 2.45) is 7.05 Å². The van der Waals surface area contributed by atoms with Crippen LogP contribution in [0, 0.1) is 0 Å². The number of ether oxygens (including phenoxy) is 1. The number of pyridine rings is 1. The third-order valence-corrected chi connectivity index (χ3v) is 1.77. The smallest absolute Gasteiger partial charge is 0.342 e. The molecule has 0 saturated heterocycles. The van der Waals surface area contributed by atoms with Gasteiger partial charge in [-0.3, -0.25) is 4.68 Å². The molecule has 0 spiro atoms. The zero-order valence-electron chi connectivity index (χ0n) is 8.36. The molecule has 0 aliphatic rings. The Morgan fingerprint density at radius 3 is 2.94 bits per heavy atom. The Balaban J connectivity index is 2.31. The third kappa shape index (κ3) is 1.97. The summed E-state index contributed by atoms with van der Waals surface area (Å²) in [6.45, 7) is 0. The van der Waals surface area contributed by atoms with E-state index in [4.69, 9.17) is 9.84 Å². The van der Waals surface area contributed by atoms with Crippen molar-refractivity contribution in [3.05, 3.63) is 30.2 Å². The number of aromatic carboxylic acids is 1. The molecule has 2 rings (SSSR count). The minimum absolute atomic E-state index is 0.0267. The second-order valence-corrected chi connectivity index (χ2v) is 2.96. The summed E-state index contributed by atoms with van der Waals surface area (Å²) in [6.07, 6.45) is 2.88. The molecule has 0 fully saturated rings. The predicted octanol–water partition coefficient (Wildman–Crippen LogP) is 0.701. The first-order chi connectivity index (χ1) is 7.66. The van der Waals surface area contributed by atoms with E-state index in [2.05, 4.69) is 15.1 Å². The van der Waals surface area contributed by atoms with E-state index in [0.717, 1.165) is 0 Å². The highest BCUT2D eigenvalue weighted by molar-refractivity contribution is 5.90. The molecule has 2 heterocycles. The average molecular weight is 220 g/mol. The summed E-state index contributed by atoms with van der Waals surface area (Å²) < 4.78 is 6.60. The lowest BCUT2D eigenvalue weighted by molar-refractivity contribution is 0.0693. The first-order valence-corrected chi connectivity index (χ1v) is 4.38. The van der Waals surface area contributed by atoms with Gasteiger partial charge >= 0.3 is 12.0 Å². The van der Waals surface area contributed by atoms with E-state index in [1.54, 1.807) is 7.05 Å². The van der Waals surface area contributed by atoms with Crippen molar-refractivity contribution in [2.45, 2.75) is 0 Å². The van der Waals surface area contributed by atoms with Gasteiger partial charge in [0, 0.05) is 13.2 Å². The van der Waals surface area contributed by atoms with Crippen molar-refractivity contribution >= 4 is 5.97 Å². The van der Waals surface area contributed by atoms with Crippen LogP contribution in [0.1, 0.15) is 10.4 Å². The molecule has 7 nitrogen and oxygen atoms in total. The highest BCUT2D eigenvalue weighted by Crippen LogP contribution is 2.19. The number of carbonyl (C=O) groups is 1. The molecule has 0 bridgehead atoms. The minimum Gasteiger partial charge on any atom is -0.477 e. The Labute approximate surface area is 90.3 Å². The lowest BCUT2D eigenvalue weighted by Crippen LogP contribution is -2.02. The van der Waals surface area contributed by atoms with Gasteiger partial charge in [-0.2, -0.15) is 4.98 Å². The molecule has 0 aromatic carbocycles. The van der Waals surface area contributed by atoms with E-state index in [0.29, 0.717) is 0 Å². The van der Waals surface area contributed by atoms with Gasteiger partial charge in [-0.1, -0.05) is 0 Å². The maximum atomic E-state index is 10.9. The largest absolute Gasteiger partial charge is 0.477 e. The van der Waals surface area contributed by atoms with Crippen molar-refractivity contribution < 1.29 is 14.6 Å². The fourth-order valence-electron chi connectivity index (χ4n) is 1.09. The molecule has 7 heteroatoms. The van der Waals surface area contributed by atoms with Gasteiger partial charge in [-0.15, -0.1) is 5.10 Å². The van der Waals surface area contributed by atoms with Crippen LogP contribution < -0.4 is 4.74 Å². The van der Waals surface area contributed by atoms with E-state index in [1.807, 2.05) is 0 Å². The summed E-state index contributed by atoms with van der Waals surface area (Å²) in [5.74, 6) is -1.14. The lowest BCUT2D eigenvalue weighted by atomic mass is 10.3. The number of carboxylic acids is 1. The number of aryl methyl sites for hydroxylation is 1. The summed E-state index contributed by atoms with van der Waals surface area (Å²) in [6, 6.07) is 2.97. The second kappa shape index (κ2) is 3.97. The molecule has 0 saturated carbocycles. The maximum absolute atomic E-state index is 10.9. The van der Waals surface area contributed by atoms with Gasteiger partial charge < -0.3 is 9.84 Å². The van der Waals surface area contributed by atoms with Crippen LogP contribution in [0.3, 0.4) is 0 Å². The van der Waals surface area contributed by atoms with Gasteiger partial charge in [-0.05, 0) is 12.1 Å². The van der Waals surface area contributed by atoms with Crippen molar-refractivity contribution in [1.29, 1.82) is 0 Å². The average Bonchev–Trinajstić information content (AvgIpc) is 2.64. The summed E-state index contributed by atoms with van der Waals surface area (Å²) in [5.41, 5.74) is -0.0325.